The molecule has 0 atom stereocenters. The first-order chi connectivity index (χ1) is 13.7. The van der Waals surface area contributed by atoms with E-state index in [-0.39, 0.29) is 13.2 Å². The SMILES string of the molecule is C=CCCCC=CCOC(=O)c1ccc(C(=O)OCC=CCCCC=C)cc1. The number of esters is 2. The van der Waals surface area contributed by atoms with Gasteiger partial charge in [-0.2, -0.15) is 0 Å². The van der Waals surface area contributed by atoms with Gasteiger partial charge in [0.15, 0.2) is 0 Å². The summed E-state index contributed by atoms with van der Waals surface area (Å²) in [4.78, 5) is 24.0. The van der Waals surface area contributed by atoms with Crippen molar-refractivity contribution in [3.05, 3.63) is 85.0 Å². The molecule has 0 bridgehead atoms. The normalized spacial score (nSPS) is 10.9. The van der Waals surface area contributed by atoms with Crippen molar-refractivity contribution in [2.24, 2.45) is 0 Å². The van der Waals surface area contributed by atoms with Crippen LogP contribution in [0, 0.1) is 0 Å². The Morgan fingerprint density at radius 2 is 1.07 bits per heavy atom. The molecule has 1 rings (SSSR count). The molecule has 1 aromatic rings. The van der Waals surface area contributed by atoms with Crippen molar-refractivity contribution in [1.82, 2.24) is 0 Å². The molecule has 0 heterocycles. The Morgan fingerprint density at radius 3 is 1.43 bits per heavy atom. The van der Waals surface area contributed by atoms with E-state index < -0.39 is 11.9 Å². The summed E-state index contributed by atoms with van der Waals surface area (Å²) >= 11 is 0. The van der Waals surface area contributed by atoms with Crippen molar-refractivity contribution >= 4 is 11.9 Å². The average molecular weight is 383 g/mol. The predicted octanol–water partition coefficient (Wildman–Crippen LogP) is 5.83. The summed E-state index contributed by atoms with van der Waals surface area (Å²) in [5, 5.41) is 0. The van der Waals surface area contributed by atoms with E-state index in [0.29, 0.717) is 11.1 Å². The number of hydrogen-bond acceptors (Lipinski definition) is 4. The number of carbonyl (C=O) groups excluding carboxylic acids is 2. The van der Waals surface area contributed by atoms with Gasteiger partial charge in [-0.15, -0.1) is 13.2 Å². The number of ether oxygens (including phenoxy) is 2. The van der Waals surface area contributed by atoms with Gasteiger partial charge in [-0.25, -0.2) is 9.59 Å². The van der Waals surface area contributed by atoms with Gasteiger partial charge in [-0.1, -0.05) is 36.5 Å². The quantitative estimate of drug-likeness (QED) is 0.231. The molecule has 28 heavy (non-hydrogen) atoms. The number of rotatable bonds is 14. The summed E-state index contributed by atoms with van der Waals surface area (Å²) in [6.07, 6.45) is 17.3. The third-order valence-electron chi connectivity index (χ3n) is 3.87. The molecule has 4 nitrogen and oxygen atoms in total. The third-order valence-corrected chi connectivity index (χ3v) is 3.87. The fourth-order valence-corrected chi connectivity index (χ4v) is 2.29. The molecule has 0 aliphatic rings. The molecule has 1 aromatic carbocycles. The van der Waals surface area contributed by atoms with Crippen LogP contribution >= 0.6 is 0 Å². The van der Waals surface area contributed by atoms with E-state index in [1.54, 1.807) is 24.3 Å². The molecule has 4 heteroatoms. The number of unbranched alkanes of at least 4 members (excludes halogenated alkanes) is 4. The Labute approximate surface area is 168 Å². The largest absolute Gasteiger partial charge is 0.458 e. The molecular weight excluding hydrogens is 352 g/mol. The summed E-state index contributed by atoms with van der Waals surface area (Å²) in [5.74, 6) is -0.837. The molecule has 0 aliphatic carbocycles. The lowest BCUT2D eigenvalue weighted by atomic mass is 10.1. The van der Waals surface area contributed by atoms with E-state index in [9.17, 15) is 9.59 Å². The lowest BCUT2D eigenvalue weighted by Crippen LogP contribution is -2.08. The van der Waals surface area contributed by atoms with Gasteiger partial charge >= 0.3 is 11.9 Å². The zero-order valence-corrected chi connectivity index (χ0v) is 16.5. The molecule has 0 amide bonds. The van der Waals surface area contributed by atoms with Crippen molar-refractivity contribution in [2.45, 2.75) is 38.5 Å². The molecule has 0 radical (unpaired) electrons. The fourth-order valence-electron chi connectivity index (χ4n) is 2.29. The Balaban J connectivity index is 2.33. The van der Waals surface area contributed by atoms with Crippen molar-refractivity contribution in [2.75, 3.05) is 13.2 Å². The van der Waals surface area contributed by atoms with E-state index in [0.717, 1.165) is 38.5 Å². The second-order valence-electron chi connectivity index (χ2n) is 6.16. The van der Waals surface area contributed by atoms with Crippen LogP contribution in [0.5, 0.6) is 0 Å². The van der Waals surface area contributed by atoms with E-state index in [1.807, 2.05) is 36.5 Å². The Hall–Kier alpha value is -2.88. The minimum atomic E-state index is -0.418. The van der Waals surface area contributed by atoms with Crippen LogP contribution in [-0.2, 0) is 9.47 Å². The van der Waals surface area contributed by atoms with Crippen molar-refractivity contribution in [3.63, 3.8) is 0 Å². The second-order valence-corrected chi connectivity index (χ2v) is 6.16. The van der Waals surface area contributed by atoms with Crippen LogP contribution in [0.2, 0.25) is 0 Å². The zero-order valence-electron chi connectivity index (χ0n) is 16.5. The number of hydrogen-bond donors (Lipinski definition) is 0. The highest BCUT2D eigenvalue weighted by molar-refractivity contribution is 5.93. The highest BCUT2D eigenvalue weighted by Crippen LogP contribution is 2.08. The van der Waals surface area contributed by atoms with Gasteiger partial charge in [-0.3, -0.25) is 0 Å². The molecular formula is C24H30O4. The smallest absolute Gasteiger partial charge is 0.338 e. The standard InChI is InChI=1S/C24H30O4/c1-3-5-7-9-11-13-19-27-23(25)21-15-17-22(18-16-21)24(26)28-20-14-12-10-8-6-4-2/h3-4,11-18H,1-2,5-10,19-20H2. The lowest BCUT2D eigenvalue weighted by molar-refractivity contribution is 0.0535. The lowest BCUT2D eigenvalue weighted by Gasteiger charge is -2.04. The number of benzene rings is 1. The molecule has 0 aromatic heterocycles. The number of carbonyl (C=O) groups is 2. The van der Waals surface area contributed by atoms with Crippen LogP contribution in [0.3, 0.4) is 0 Å². The van der Waals surface area contributed by atoms with Gasteiger partial charge < -0.3 is 9.47 Å². The molecule has 0 saturated heterocycles. The summed E-state index contributed by atoms with van der Waals surface area (Å²) in [6, 6.07) is 6.27. The Kier molecular flexibility index (Phi) is 12.6. The van der Waals surface area contributed by atoms with Gasteiger partial charge in [-0.05, 0) is 62.8 Å². The summed E-state index contributed by atoms with van der Waals surface area (Å²) in [6.45, 7) is 7.81. The minimum absolute atomic E-state index is 0.232. The molecule has 150 valence electrons. The van der Waals surface area contributed by atoms with E-state index in [1.165, 1.54) is 0 Å². The van der Waals surface area contributed by atoms with Crippen LogP contribution < -0.4 is 0 Å². The summed E-state index contributed by atoms with van der Waals surface area (Å²) in [7, 11) is 0. The van der Waals surface area contributed by atoms with Crippen molar-refractivity contribution < 1.29 is 19.1 Å². The van der Waals surface area contributed by atoms with E-state index in [2.05, 4.69) is 13.2 Å². The van der Waals surface area contributed by atoms with Crippen LogP contribution in [0.25, 0.3) is 0 Å². The predicted molar refractivity (Wildman–Crippen MR) is 113 cm³/mol. The first-order valence-electron chi connectivity index (χ1n) is 9.65. The molecule has 0 N–H and O–H groups in total. The van der Waals surface area contributed by atoms with Crippen LogP contribution in [0.1, 0.15) is 59.2 Å². The van der Waals surface area contributed by atoms with Crippen LogP contribution in [-0.4, -0.2) is 25.2 Å². The Bertz CT molecular complexity index is 609. The first-order valence-corrected chi connectivity index (χ1v) is 9.65. The maximum atomic E-state index is 12.0. The topological polar surface area (TPSA) is 52.6 Å². The van der Waals surface area contributed by atoms with Crippen LogP contribution in [0.15, 0.2) is 73.9 Å². The maximum Gasteiger partial charge on any atom is 0.338 e. The highest BCUT2D eigenvalue weighted by Gasteiger charge is 2.10. The Morgan fingerprint density at radius 1 is 0.679 bits per heavy atom. The highest BCUT2D eigenvalue weighted by atomic mass is 16.5. The fraction of sp³-hybridized carbons (Fsp3) is 0.333. The third kappa shape index (κ3) is 10.3. The zero-order chi connectivity index (χ0) is 20.5. The van der Waals surface area contributed by atoms with Gasteiger partial charge in [0.05, 0.1) is 11.1 Å². The van der Waals surface area contributed by atoms with Crippen molar-refractivity contribution in [3.8, 4) is 0 Å². The molecule has 0 unspecified atom stereocenters. The molecule has 0 fully saturated rings. The van der Waals surface area contributed by atoms with Gasteiger partial charge in [0.25, 0.3) is 0 Å². The van der Waals surface area contributed by atoms with Gasteiger partial charge in [0.1, 0.15) is 13.2 Å². The first kappa shape index (κ1) is 23.2. The maximum absolute atomic E-state index is 12.0. The molecule has 0 saturated carbocycles. The van der Waals surface area contributed by atoms with Crippen molar-refractivity contribution in [1.29, 1.82) is 0 Å². The van der Waals surface area contributed by atoms with E-state index >= 15 is 0 Å². The van der Waals surface area contributed by atoms with Gasteiger partial charge in [0.2, 0.25) is 0 Å². The molecule has 0 aliphatic heterocycles. The number of allylic oxidation sites excluding steroid dienone is 4. The van der Waals surface area contributed by atoms with Gasteiger partial charge in [0, 0.05) is 0 Å². The minimum Gasteiger partial charge on any atom is -0.458 e. The monoisotopic (exact) mass is 382 g/mol. The molecule has 0 spiro atoms. The summed E-state index contributed by atoms with van der Waals surface area (Å²) in [5.41, 5.74) is 0.803. The summed E-state index contributed by atoms with van der Waals surface area (Å²) < 4.78 is 10.4. The van der Waals surface area contributed by atoms with E-state index in [4.69, 9.17) is 9.47 Å². The van der Waals surface area contributed by atoms with Crippen LogP contribution in [0.4, 0.5) is 0 Å². The second kappa shape index (κ2) is 15.2. The average Bonchev–Trinajstić information content (AvgIpc) is 2.72.